The number of nitrogens with one attached hydrogen (secondary N) is 1. The van der Waals surface area contributed by atoms with Gasteiger partial charge in [-0.1, -0.05) is 0 Å². The van der Waals surface area contributed by atoms with Gasteiger partial charge >= 0.3 is 0 Å². The smallest absolute Gasteiger partial charge is 0.217 e. The van der Waals surface area contributed by atoms with Crippen molar-refractivity contribution in [2.45, 2.75) is 12.2 Å². The highest BCUT2D eigenvalue weighted by atomic mass is 32.2. The molecule has 0 aliphatic rings. The van der Waals surface area contributed by atoms with Crippen LogP contribution >= 0.6 is 0 Å². The third-order valence-electron chi connectivity index (χ3n) is 1.51. The van der Waals surface area contributed by atoms with Gasteiger partial charge in [-0.05, 0) is 14.0 Å². The quantitative estimate of drug-likeness (QED) is 0.633. The Morgan fingerprint density at radius 1 is 1.45 bits per heavy atom. The Bertz CT molecular complexity index is 199. The molecule has 0 bridgehead atoms. The van der Waals surface area contributed by atoms with Crippen LogP contribution in [0.25, 0.3) is 0 Å². The van der Waals surface area contributed by atoms with Gasteiger partial charge in [0.05, 0.1) is 5.25 Å². The lowest BCUT2D eigenvalue weighted by Crippen LogP contribution is -2.37. The molecule has 0 spiro atoms. The third-order valence-corrected chi connectivity index (χ3v) is 3.71. The van der Waals surface area contributed by atoms with E-state index >= 15 is 0 Å². The average Bonchev–Trinajstić information content (AvgIpc) is 1.88. The molecule has 0 aliphatic heterocycles. The van der Waals surface area contributed by atoms with Crippen LogP contribution in [0.5, 0.6) is 0 Å². The maximum atomic E-state index is 11.3. The van der Waals surface area contributed by atoms with E-state index < -0.39 is 10.0 Å². The molecule has 0 aromatic rings. The molecule has 68 valence electrons. The first kappa shape index (κ1) is 10.9. The van der Waals surface area contributed by atoms with Crippen molar-refractivity contribution in [1.82, 2.24) is 9.62 Å². The number of sulfonamides is 1. The van der Waals surface area contributed by atoms with Crippen molar-refractivity contribution in [2.24, 2.45) is 0 Å². The summed E-state index contributed by atoms with van der Waals surface area (Å²) < 4.78 is 23.9. The lowest BCUT2D eigenvalue weighted by Gasteiger charge is -2.17. The van der Waals surface area contributed by atoms with Crippen LogP contribution < -0.4 is 5.32 Å². The normalized spacial score (nSPS) is 15.4. The Morgan fingerprint density at radius 3 is 2.18 bits per heavy atom. The minimum Gasteiger partial charge on any atom is -0.318 e. The molecule has 1 unspecified atom stereocenters. The third kappa shape index (κ3) is 2.76. The number of nitrogens with zero attached hydrogens (tertiary/aromatic N) is 1. The molecular formula is C6H16N2O2S. The van der Waals surface area contributed by atoms with E-state index in [0.717, 1.165) is 0 Å². The van der Waals surface area contributed by atoms with Gasteiger partial charge in [0.25, 0.3) is 0 Å². The van der Waals surface area contributed by atoms with Crippen molar-refractivity contribution in [1.29, 1.82) is 0 Å². The van der Waals surface area contributed by atoms with Gasteiger partial charge in [-0.2, -0.15) is 0 Å². The minimum absolute atomic E-state index is 0.359. The van der Waals surface area contributed by atoms with Gasteiger partial charge in [0.1, 0.15) is 0 Å². The molecular weight excluding hydrogens is 164 g/mol. The lowest BCUT2D eigenvalue weighted by atomic mass is 10.5. The van der Waals surface area contributed by atoms with Gasteiger partial charge in [-0.25, -0.2) is 12.7 Å². The molecule has 0 saturated carbocycles. The number of rotatable bonds is 4. The molecule has 0 fully saturated rings. The van der Waals surface area contributed by atoms with Gasteiger partial charge in [-0.15, -0.1) is 0 Å². The van der Waals surface area contributed by atoms with Gasteiger partial charge in [0.15, 0.2) is 0 Å². The fraction of sp³-hybridized carbons (Fsp3) is 1.00. The topological polar surface area (TPSA) is 49.4 Å². The van der Waals surface area contributed by atoms with Crippen LogP contribution in [-0.2, 0) is 10.0 Å². The highest BCUT2D eigenvalue weighted by Crippen LogP contribution is 2.02. The van der Waals surface area contributed by atoms with Crippen LogP contribution in [0.2, 0.25) is 0 Å². The molecule has 0 aromatic carbocycles. The zero-order chi connectivity index (χ0) is 9.07. The minimum atomic E-state index is -3.07. The highest BCUT2D eigenvalue weighted by Gasteiger charge is 2.21. The Labute approximate surface area is 68.6 Å². The first-order chi connectivity index (χ1) is 4.92. The summed E-state index contributed by atoms with van der Waals surface area (Å²) in [7, 11) is 1.76. The van der Waals surface area contributed by atoms with E-state index in [1.54, 1.807) is 28.1 Å². The molecule has 1 atom stereocenters. The summed E-state index contributed by atoms with van der Waals surface area (Å²) >= 11 is 0. The molecule has 1 N–H and O–H groups in total. The number of hydrogen-bond acceptors (Lipinski definition) is 3. The average molecular weight is 180 g/mol. The second kappa shape index (κ2) is 4.04. The zero-order valence-corrected chi connectivity index (χ0v) is 8.27. The van der Waals surface area contributed by atoms with Gasteiger partial charge in [0, 0.05) is 20.6 Å². The summed E-state index contributed by atoms with van der Waals surface area (Å²) in [6.45, 7) is 2.17. The molecule has 0 aromatic heterocycles. The van der Waals surface area contributed by atoms with Crippen molar-refractivity contribution >= 4 is 10.0 Å². The van der Waals surface area contributed by atoms with Gasteiger partial charge in [-0.3, -0.25) is 0 Å². The second-order valence-corrected chi connectivity index (χ2v) is 5.26. The molecule has 0 rings (SSSR count). The maximum Gasteiger partial charge on any atom is 0.217 e. The number of hydrogen-bond donors (Lipinski definition) is 1. The van der Waals surface area contributed by atoms with Crippen molar-refractivity contribution in [3.05, 3.63) is 0 Å². The predicted molar refractivity (Wildman–Crippen MR) is 46.0 cm³/mol. The molecule has 0 amide bonds. The summed E-state index contributed by atoms with van der Waals surface area (Å²) in [4.78, 5) is 0. The van der Waals surface area contributed by atoms with Crippen molar-refractivity contribution in [2.75, 3.05) is 27.7 Å². The Balaban J connectivity index is 4.32. The van der Waals surface area contributed by atoms with Crippen LogP contribution in [0.4, 0.5) is 0 Å². The van der Waals surface area contributed by atoms with E-state index in [4.69, 9.17) is 0 Å². The molecule has 4 nitrogen and oxygen atoms in total. The van der Waals surface area contributed by atoms with Crippen molar-refractivity contribution in [3.8, 4) is 0 Å². The molecule has 0 radical (unpaired) electrons. The first-order valence-corrected chi connectivity index (χ1v) is 4.99. The Morgan fingerprint density at radius 2 is 1.91 bits per heavy atom. The summed E-state index contributed by atoms with van der Waals surface area (Å²) in [6.07, 6.45) is 0. The Kier molecular flexibility index (Phi) is 3.99. The second-order valence-electron chi connectivity index (χ2n) is 2.70. The van der Waals surface area contributed by atoms with Crippen molar-refractivity contribution in [3.63, 3.8) is 0 Å². The van der Waals surface area contributed by atoms with Crippen LogP contribution in [0.1, 0.15) is 6.92 Å². The maximum absolute atomic E-state index is 11.3. The van der Waals surface area contributed by atoms with Gasteiger partial charge in [0.2, 0.25) is 10.0 Å². The molecule has 0 saturated heterocycles. The lowest BCUT2D eigenvalue weighted by molar-refractivity contribution is 0.505. The predicted octanol–water partition coefficient (Wildman–Crippen LogP) is -0.514. The van der Waals surface area contributed by atoms with E-state index in [2.05, 4.69) is 5.32 Å². The van der Waals surface area contributed by atoms with E-state index in [9.17, 15) is 8.42 Å². The van der Waals surface area contributed by atoms with E-state index in [-0.39, 0.29) is 5.25 Å². The fourth-order valence-corrected chi connectivity index (χ4v) is 1.85. The summed E-state index contributed by atoms with van der Waals surface area (Å²) in [5.74, 6) is 0. The van der Waals surface area contributed by atoms with Crippen LogP contribution in [0.15, 0.2) is 0 Å². The molecule has 0 heterocycles. The SMILES string of the molecule is CNCC(C)S(=O)(=O)N(C)C. The molecule has 11 heavy (non-hydrogen) atoms. The van der Waals surface area contributed by atoms with E-state index in [0.29, 0.717) is 6.54 Å². The van der Waals surface area contributed by atoms with E-state index in [1.807, 2.05) is 0 Å². The standard InChI is InChI=1S/C6H16N2O2S/c1-6(5-7-2)11(9,10)8(3)4/h6-7H,5H2,1-4H3. The van der Waals surface area contributed by atoms with Crippen LogP contribution in [0.3, 0.4) is 0 Å². The monoisotopic (exact) mass is 180 g/mol. The summed E-state index contributed by atoms with van der Waals surface area (Å²) in [6, 6.07) is 0. The molecule has 0 aliphatic carbocycles. The van der Waals surface area contributed by atoms with Crippen molar-refractivity contribution < 1.29 is 8.42 Å². The summed E-state index contributed by atoms with van der Waals surface area (Å²) in [5, 5.41) is 2.46. The Hall–Kier alpha value is -0.130. The van der Waals surface area contributed by atoms with Crippen LogP contribution in [-0.4, -0.2) is 45.7 Å². The highest BCUT2D eigenvalue weighted by molar-refractivity contribution is 7.89. The van der Waals surface area contributed by atoms with E-state index in [1.165, 1.54) is 4.31 Å². The van der Waals surface area contributed by atoms with Crippen LogP contribution in [0, 0.1) is 0 Å². The van der Waals surface area contributed by atoms with Gasteiger partial charge < -0.3 is 5.32 Å². The zero-order valence-electron chi connectivity index (χ0n) is 7.46. The summed E-state index contributed by atoms with van der Waals surface area (Å²) in [5.41, 5.74) is 0. The fourth-order valence-electron chi connectivity index (χ4n) is 0.753. The molecule has 5 heteroatoms. The first-order valence-electron chi connectivity index (χ1n) is 3.49. The largest absolute Gasteiger partial charge is 0.318 e.